The van der Waals surface area contributed by atoms with Gasteiger partial charge in [0.05, 0.1) is 12.3 Å². The van der Waals surface area contributed by atoms with Crippen molar-refractivity contribution in [2.75, 3.05) is 20.3 Å². The van der Waals surface area contributed by atoms with Crippen molar-refractivity contribution < 1.29 is 18.7 Å². The quantitative estimate of drug-likeness (QED) is 0.461. The number of benzene rings is 2. The fourth-order valence-electron chi connectivity index (χ4n) is 2.76. The Hall–Kier alpha value is -3.83. The molecule has 0 fully saturated rings. The molecule has 3 rings (SSSR count). The molecule has 8 heteroatoms. The number of carbonyl (C=O) groups is 2. The molecule has 0 unspecified atom stereocenters. The van der Waals surface area contributed by atoms with Crippen LogP contribution in [0.15, 0.2) is 59.1 Å². The molecule has 2 aromatic carbocycles. The number of nitrogens with zero attached hydrogens (tertiary/aromatic N) is 2. The van der Waals surface area contributed by atoms with Gasteiger partial charge in [0.2, 0.25) is 0 Å². The van der Waals surface area contributed by atoms with Gasteiger partial charge in [-0.2, -0.15) is 5.26 Å². The van der Waals surface area contributed by atoms with Gasteiger partial charge in [-0.3, -0.25) is 9.59 Å². The Kier molecular flexibility index (Phi) is 6.12. The number of methoxy groups -OCH3 is 1. The smallest absolute Gasteiger partial charge is 0.264 e. The molecule has 0 spiro atoms. The van der Waals surface area contributed by atoms with Gasteiger partial charge in [-0.05, 0) is 24.3 Å². The van der Waals surface area contributed by atoms with Crippen molar-refractivity contribution in [3.05, 3.63) is 76.6 Å². The first-order valence-electron chi connectivity index (χ1n) is 8.72. The molecule has 146 valence electrons. The Morgan fingerprint density at radius 1 is 1.14 bits per heavy atom. The van der Waals surface area contributed by atoms with E-state index in [1.54, 1.807) is 24.3 Å². The number of amides is 2. The minimum atomic E-state index is -0.579. The maximum absolute atomic E-state index is 13.1. The predicted molar refractivity (Wildman–Crippen MR) is 104 cm³/mol. The molecule has 7 nitrogen and oxygen atoms in total. The minimum absolute atomic E-state index is 0.167. The van der Waals surface area contributed by atoms with Gasteiger partial charge >= 0.3 is 0 Å². The molecular formula is C21H17FN4O3. The Morgan fingerprint density at radius 3 is 2.48 bits per heavy atom. The number of aliphatic imine (C=N–C) groups is 1. The van der Waals surface area contributed by atoms with Gasteiger partial charge in [0.15, 0.2) is 0 Å². The van der Waals surface area contributed by atoms with Crippen LogP contribution in [0.2, 0.25) is 0 Å². The normalized spacial score (nSPS) is 13.8. The van der Waals surface area contributed by atoms with Crippen molar-refractivity contribution in [1.29, 1.82) is 5.26 Å². The highest BCUT2D eigenvalue weighted by atomic mass is 19.1. The third kappa shape index (κ3) is 4.36. The second-order valence-corrected chi connectivity index (χ2v) is 6.05. The van der Waals surface area contributed by atoms with E-state index in [0.717, 1.165) is 0 Å². The molecule has 0 saturated carbocycles. The average molecular weight is 392 g/mol. The molecule has 29 heavy (non-hydrogen) atoms. The van der Waals surface area contributed by atoms with Gasteiger partial charge in [-0.15, -0.1) is 0 Å². The first-order valence-corrected chi connectivity index (χ1v) is 8.72. The van der Waals surface area contributed by atoms with E-state index in [4.69, 9.17) is 4.74 Å². The highest BCUT2D eigenvalue weighted by molar-refractivity contribution is 6.20. The fraction of sp³-hybridized carbons (Fsp3) is 0.143. The monoisotopic (exact) mass is 392 g/mol. The summed E-state index contributed by atoms with van der Waals surface area (Å²) in [5.74, 6) is -1.30. The molecule has 1 heterocycles. The second kappa shape index (κ2) is 8.91. The molecule has 0 atom stereocenters. The highest BCUT2D eigenvalue weighted by Gasteiger charge is 2.27. The van der Waals surface area contributed by atoms with Gasteiger partial charge in [0.1, 0.15) is 23.3 Å². The van der Waals surface area contributed by atoms with Gasteiger partial charge in [-0.1, -0.05) is 24.3 Å². The van der Waals surface area contributed by atoms with E-state index in [0.29, 0.717) is 17.7 Å². The summed E-state index contributed by atoms with van der Waals surface area (Å²) in [6, 6.07) is 13.9. The molecule has 2 aromatic rings. The van der Waals surface area contributed by atoms with Crippen molar-refractivity contribution in [3.63, 3.8) is 0 Å². The number of nitriles is 1. The fourth-order valence-corrected chi connectivity index (χ4v) is 2.76. The maximum atomic E-state index is 13.1. The van der Waals surface area contributed by atoms with Crippen LogP contribution in [0.5, 0.6) is 0 Å². The number of ether oxygens (including phenoxy) is 1. The first kappa shape index (κ1) is 19.9. The van der Waals surface area contributed by atoms with Crippen LogP contribution in [0, 0.1) is 17.1 Å². The molecule has 0 radical (unpaired) electrons. The van der Waals surface area contributed by atoms with Crippen LogP contribution < -0.4 is 10.6 Å². The molecule has 0 bridgehead atoms. The minimum Gasteiger partial charge on any atom is -0.383 e. The second-order valence-electron chi connectivity index (χ2n) is 6.05. The van der Waals surface area contributed by atoms with E-state index in [-0.39, 0.29) is 29.2 Å². The summed E-state index contributed by atoms with van der Waals surface area (Å²) in [7, 11) is 1.50. The molecule has 1 aliphatic heterocycles. The molecule has 2 N–H and O–H groups in total. The zero-order valence-electron chi connectivity index (χ0n) is 15.5. The average Bonchev–Trinajstić information content (AvgIpc) is 3.07. The van der Waals surface area contributed by atoms with Crippen molar-refractivity contribution >= 4 is 23.3 Å². The number of halogens is 1. The van der Waals surface area contributed by atoms with Crippen molar-refractivity contribution in [2.24, 2.45) is 4.99 Å². The van der Waals surface area contributed by atoms with E-state index in [1.165, 1.54) is 31.4 Å². The summed E-state index contributed by atoms with van der Waals surface area (Å²) >= 11 is 0. The zero-order chi connectivity index (χ0) is 20.8. The molecule has 0 aliphatic carbocycles. The van der Waals surface area contributed by atoms with Crippen LogP contribution in [0.25, 0.3) is 5.70 Å². The van der Waals surface area contributed by atoms with Crippen molar-refractivity contribution in [2.45, 2.75) is 0 Å². The van der Waals surface area contributed by atoms with Crippen LogP contribution in [0.4, 0.5) is 4.39 Å². The summed E-state index contributed by atoms with van der Waals surface area (Å²) < 4.78 is 18.0. The van der Waals surface area contributed by atoms with Crippen LogP contribution in [0.1, 0.15) is 21.5 Å². The first-order chi connectivity index (χ1) is 14.0. The van der Waals surface area contributed by atoms with Crippen LogP contribution in [0.3, 0.4) is 0 Å². The number of carbonyl (C=O) groups excluding carboxylic acids is 2. The van der Waals surface area contributed by atoms with Crippen LogP contribution in [-0.4, -0.2) is 37.9 Å². The van der Waals surface area contributed by atoms with E-state index in [1.807, 2.05) is 6.07 Å². The van der Waals surface area contributed by atoms with Gasteiger partial charge < -0.3 is 15.4 Å². The number of hydrogen-bond donors (Lipinski definition) is 2. The van der Waals surface area contributed by atoms with Crippen molar-refractivity contribution in [1.82, 2.24) is 10.6 Å². The van der Waals surface area contributed by atoms with E-state index in [9.17, 15) is 19.2 Å². The van der Waals surface area contributed by atoms with Crippen LogP contribution >= 0.6 is 0 Å². The summed E-state index contributed by atoms with van der Waals surface area (Å²) in [6.07, 6.45) is 0. The summed E-state index contributed by atoms with van der Waals surface area (Å²) in [4.78, 5) is 29.2. The zero-order valence-corrected chi connectivity index (χ0v) is 15.5. The number of rotatable bonds is 5. The van der Waals surface area contributed by atoms with Gasteiger partial charge in [-0.25, -0.2) is 9.38 Å². The number of amidine groups is 1. The lowest BCUT2D eigenvalue weighted by Gasteiger charge is -2.06. The third-order valence-corrected chi connectivity index (χ3v) is 4.17. The lowest BCUT2D eigenvalue weighted by atomic mass is 10.0. The van der Waals surface area contributed by atoms with E-state index < -0.39 is 17.6 Å². The number of nitrogens with one attached hydrogen (secondary N) is 2. The van der Waals surface area contributed by atoms with Gasteiger partial charge in [0, 0.05) is 30.3 Å². The summed E-state index contributed by atoms with van der Waals surface area (Å²) in [5.41, 5.74) is 1.39. The third-order valence-electron chi connectivity index (χ3n) is 4.17. The Bertz CT molecular complexity index is 1050. The maximum Gasteiger partial charge on any atom is 0.264 e. The van der Waals surface area contributed by atoms with Gasteiger partial charge in [0.25, 0.3) is 11.8 Å². The van der Waals surface area contributed by atoms with E-state index in [2.05, 4.69) is 15.6 Å². The Balaban J connectivity index is 1.94. The lowest BCUT2D eigenvalue weighted by molar-refractivity contribution is -0.117. The lowest BCUT2D eigenvalue weighted by Crippen LogP contribution is -2.30. The van der Waals surface area contributed by atoms with Crippen LogP contribution in [-0.2, 0) is 9.53 Å². The standard InChI is InChI=1S/C21H17FN4O3/c1-29-11-10-24-21(28)17(12-23)18-15-4-2-3-5-16(15)19(25-18)26-20(27)13-6-8-14(22)9-7-13/h2-9H,10-11H2,1H3,(H,24,28)(H,25,26,27)/b18-17+. The van der Waals surface area contributed by atoms with Crippen molar-refractivity contribution in [3.8, 4) is 6.07 Å². The molecular weight excluding hydrogens is 375 g/mol. The summed E-state index contributed by atoms with van der Waals surface area (Å²) in [6.45, 7) is 0.548. The largest absolute Gasteiger partial charge is 0.383 e. The SMILES string of the molecule is COCCNC(=O)/C(C#N)=C1/N=C(NC(=O)c2ccc(F)cc2)c2ccccc21. The number of fused-ring (bicyclic) bond motifs is 1. The molecule has 0 saturated heterocycles. The number of hydrogen-bond acceptors (Lipinski definition) is 5. The summed E-state index contributed by atoms with van der Waals surface area (Å²) in [5, 5.41) is 14.8. The molecule has 0 aromatic heterocycles. The predicted octanol–water partition coefficient (Wildman–Crippen LogP) is 2.01. The van der Waals surface area contributed by atoms with E-state index >= 15 is 0 Å². The topological polar surface area (TPSA) is 104 Å². The highest BCUT2D eigenvalue weighted by Crippen LogP contribution is 2.30. The Morgan fingerprint density at radius 2 is 1.83 bits per heavy atom. The molecule has 1 aliphatic rings. The Labute approximate surface area is 166 Å². The molecule has 2 amide bonds.